The SMILES string of the molecule is CCCCCCCCCCOCCC(CC(=O)O)C(=O)O. The molecule has 0 fully saturated rings. The molecule has 0 saturated carbocycles. The van der Waals surface area contributed by atoms with Crippen LogP contribution in [0, 0.1) is 5.92 Å². The van der Waals surface area contributed by atoms with Gasteiger partial charge in [-0.15, -0.1) is 0 Å². The zero-order valence-electron chi connectivity index (χ0n) is 13.2. The van der Waals surface area contributed by atoms with Gasteiger partial charge in [0.2, 0.25) is 0 Å². The van der Waals surface area contributed by atoms with Crippen molar-refractivity contribution in [3.8, 4) is 0 Å². The molecule has 0 aromatic heterocycles. The van der Waals surface area contributed by atoms with Crippen molar-refractivity contribution >= 4 is 11.9 Å². The maximum Gasteiger partial charge on any atom is 0.307 e. The quantitative estimate of drug-likeness (QED) is 0.450. The van der Waals surface area contributed by atoms with Gasteiger partial charge in [-0.2, -0.15) is 0 Å². The van der Waals surface area contributed by atoms with Crippen molar-refractivity contribution in [2.24, 2.45) is 5.92 Å². The van der Waals surface area contributed by atoms with Crippen molar-refractivity contribution in [2.45, 2.75) is 71.1 Å². The zero-order valence-corrected chi connectivity index (χ0v) is 13.2. The van der Waals surface area contributed by atoms with Crippen molar-refractivity contribution in [3.05, 3.63) is 0 Å². The summed E-state index contributed by atoms with van der Waals surface area (Å²) >= 11 is 0. The molecule has 0 aromatic rings. The van der Waals surface area contributed by atoms with E-state index in [1.54, 1.807) is 0 Å². The lowest BCUT2D eigenvalue weighted by molar-refractivity contribution is -0.148. The van der Waals surface area contributed by atoms with E-state index in [-0.39, 0.29) is 12.8 Å². The minimum Gasteiger partial charge on any atom is -0.481 e. The van der Waals surface area contributed by atoms with Crippen LogP contribution >= 0.6 is 0 Å². The summed E-state index contributed by atoms with van der Waals surface area (Å²) in [5, 5.41) is 17.5. The molecule has 0 saturated heterocycles. The molecule has 1 unspecified atom stereocenters. The Balaban J connectivity index is 3.38. The summed E-state index contributed by atoms with van der Waals surface area (Å²) in [6.45, 7) is 3.16. The standard InChI is InChI=1S/C16H30O5/c1-2-3-4-5-6-7-8-9-11-21-12-10-14(16(19)20)13-15(17)18/h14H,2-13H2,1H3,(H,17,18)(H,19,20). The Labute approximate surface area is 127 Å². The molecule has 0 bridgehead atoms. The number of carboxylic acids is 2. The predicted octanol–water partition coefficient (Wildman–Crippen LogP) is 3.71. The van der Waals surface area contributed by atoms with Crippen molar-refractivity contribution in [1.29, 1.82) is 0 Å². The highest BCUT2D eigenvalue weighted by Gasteiger charge is 2.20. The molecule has 0 spiro atoms. The molecule has 0 aliphatic heterocycles. The van der Waals surface area contributed by atoms with Crippen LogP contribution in [-0.2, 0) is 14.3 Å². The van der Waals surface area contributed by atoms with Crippen molar-refractivity contribution in [3.63, 3.8) is 0 Å². The van der Waals surface area contributed by atoms with Gasteiger partial charge in [0.25, 0.3) is 0 Å². The fraction of sp³-hybridized carbons (Fsp3) is 0.875. The summed E-state index contributed by atoms with van der Waals surface area (Å²) < 4.78 is 5.38. The van der Waals surface area contributed by atoms with Crippen molar-refractivity contribution in [2.75, 3.05) is 13.2 Å². The van der Waals surface area contributed by atoms with Crippen LogP contribution in [0.1, 0.15) is 71.1 Å². The molecule has 2 N–H and O–H groups in total. The number of unbranched alkanes of at least 4 members (excludes halogenated alkanes) is 7. The third kappa shape index (κ3) is 13.6. The molecule has 5 nitrogen and oxygen atoms in total. The molecule has 0 heterocycles. The van der Waals surface area contributed by atoms with E-state index in [4.69, 9.17) is 14.9 Å². The minimum atomic E-state index is -1.08. The Kier molecular flexibility index (Phi) is 13.1. The number of carboxylic acid groups (broad SMARTS) is 2. The summed E-state index contributed by atoms with van der Waals surface area (Å²) in [7, 11) is 0. The van der Waals surface area contributed by atoms with Gasteiger partial charge < -0.3 is 14.9 Å². The number of ether oxygens (including phenoxy) is 1. The topological polar surface area (TPSA) is 83.8 Å². The highest BCUT2D eigenvalue weighted by Crippen LogP contribution is 2.10. The first-order valence-corrected chi connectivity index (χ1v) is 8.10. The number of aliphatic carboxylic acids is 2. The maximum absolute atomic E-state index is 10.8. The van der Waals surface area contributed by atoms with Crippen LogP contribution in [0.25, 0.3) is 0 Å². The van der Waals surface area contributed by atoms with Crippen molar-refractivity contribution in [1.82, 2.24) is 0 Å². The smallest absolute Gasteiger partial charge is 0.307 e. The van der Waals surface area contributed by atoms with Gasteiger partial charge in [-0.1, -0.05) is 51.9 Å². The number of rotatable bonds is 15. The van der Waals surface area contributed by atoms with E-state index in [9.17, 15) is 9.59 Å². The van der Waals surface area contributed by atoms with Crippen LogP contribution in [0.5, 0.6) is 0 Å². The Morgan fingerprint density at radius 3 is 2.00 bits per heavy atom. The predicted molar refractivity (Wildman–Crippen MR) is 81.4 cm³/mol. The van der Waals surface area contributed by atoms with E-state index >= 15 is 0 Å². The number of carbonyl (C=O) groups is 2. The molecular formula is C16H30O5. The fourth-order valence-corrected chi connectivity index (χ4v) is 2.19. The van der Waals surface area contributed by atoms with Gasteiger partial charge in [-0.3, -0.25) is 9.59 Å². The lowest BCUT2D eigenvalue weighted by atomic mass is 10.0. The van der Waals surface area contributed by atoms with Gasteiger partial charge in [0, 0.05) is 13.2 Å². The lowest BCUT2D eigenvalue weighted by Gasteiger charge is -2.10. The second-order valence-corrected chi connectivity index (χ2v) is 5.51. The van der Waals surface area contributed by atoms with E-state index in [1.807, 2.05) is 0 Å². The van der Waals surface area contributed by atoms with Gasteiger partial charge in [0.05, 0.1) is 12.3 Å². The van der Waals surface area contributed by atoms with Gasteiger partial charge in [0.1, 0.15) is 0 Å². The second kappa shape index (κ2) is 13.9. The van der Waals surface area contributed by atoms with Crippen LogP contribution in [0.3, 0.4) is 0 Å². The van der Waals surface area contributed by atoms with Crippen LogP contribution in [0.2, 0.25) is 0 Å². The molecule has 124 valence electrons. The van der Waals surface area contributed by atoms with Crippen LogP contribution in [0.4, 0.5) is 0 Å². The molecule has 0 aromatic carbocycles. The lowest BCUT2D eigenvalue weighted by Crippen LogP contribution is -2.19. The van der Waals surface area contributed by atoms with Crippen molar-refractivity contribution < 1.29 is 24.5 Å². The normalized spacial score (nSPS) is 12.2. The largest absolute Gasteiger partial charge is 0.481 e. The third-order valence-electron chi connectivity index (χ3n) is 3.52. The van der Waals surface area contributed by atoms with E-state index < -0.39 is 17.9 Å². The van der Waals surface area contributed by atoms with Gasteiger partial charge >= 0.3 is 11.9 Å². The summed E-state index contributed by atoms with van der Waals surface area (Å²) in [6, 6.07) is 0. The first kappa shape index (κ1) is 19.9. The molecule has 0 amide bonds. The fourth-order valence-electron chi connectivity index (χ4n) is 2.19. The Morgan fingerprint density at radius 2 is 1.48 bits per heavy atom. The number of hydrogen-bond donors (Lipinski definition) is 2. The molecule has 5 heteroatoms. The minimum absolute atomic E-state index is 0.263. The number of hydrogen-bond acceptors (Lipinski definition) is 3. The second-order valence-electron chi connectivity index (χ2n) is 5.51. The average molecular weight is 302 g/mol. The maximum atomic E-state index is 10.8. The van der Waals surface area contributed by atoms with E-state index in [0.717, 1.165) is 12.8 Å². The monoisotopic (exact) mass is 302 g/mol. The molecular weight excluding hydrogens is 272 g/mol. The highest BCUT2D eigenvalue weighted by atomic mass is 16.5. The summed E-state index contributed by atoms with van der Waals surface area (Å²) in [4.78, 5) is 21.3. The molecule has 1 atom stereocenters. The summed E-state index contributed by atoms with van der Waals surface area (Å²) in [5.74, 6) is -2.99. The summed E-state index contributed by atoms with van der Waals surface area (Å²) in [5.41, 5.74) is 0. The first-order chi connectivity index (χ1) is 10.1. The van der Waals surface area contributed by atoms with Crippen LogP contribution in [-0.4, -0.2) is 35.4 Å². The van der Waals surface area contributed by atoms with Gasteiger partial charge in [-0.25, -0.2) is 0 Å². The molecule has 0 rings (SSSR count). The van der Waals surface area contributed by atoms with Gasteiger partial charge in [-0.05, 0) is 12.8 Å². The van der Waals surface area contributed by atoms with Gasteiger partial charge in [0.15, 0.2) is 0 Å². The molecule has 0 aliphatic carbocycles. The first-order valence-electron chi connectivity index (χ1n) is 8.10. The zero-order chi connectivity index (χ0) is 15.9. The average Bonchev–Trinajstić information content (AvgIpc) is 2.42. The van der Waals surface area contributed by atoms with E-state index in [1.165, 1.54) is 38.5 Å². The Bertz CT molecular complexity index is 278. The van der Waals surface area contributed by atoms with Crippen LogP contribution < -0.4 is 0 Å². The highest BCUT2D eigenvalue weighted by molar-refractivity contribution is 5.77. The molecule has 21 heavy (non-hydrogen) atoms. The van der Waals surface area contributed by atoms with E-state index in [0.29, 0.717) is 13.2 Å². The van der Waals surface area contributed by atoms with Crippen LogP contribution in [0.15, 0.2) is 0 Å². The third-order valence-corrected chi connectivity index (χ3v) is 3.52. The molecule has 0 aliphatic rings. The Morgan fingerprint density at radius 1 is 0.905 bits per heavy atom. The summed E-state index contributed by atoms with van der Waals surface area (Å²) in [6.07, 6.45) is 9.79. The Hall–Kier alpha value is -1.10. The molecule has 0 radical (unpaired) electrons. The van der Waals surface area contributed by atoms with E-state index in [2.05, 4.69) is 6.92 Å².